The zero-order chi connectivity index (χ0) is 19.5. The van der Waals surface area contributed by atoms with Crippen molar-refractivity contribution in [1.29, 1.82) is 0 Å². The van der Waals surface area contributed by atoms with Crippen LogP contribution in [-0.2, 0) is 11.3 Å². The first-order valence-corrected chi connectivity index (χ1v) is 8.90. The van der Waals surface area contributed by atoms with Crippen LogP contribution in [0.4, 0.5) is 0 Å². The second-order valence-electron chi connectivity index (χ2n) is 6.40. The van der Waals surface area contributed by atoms with Crippen molar-refractivity contribution in [3.8, 4) is 0 Å². The molecule has 28 heavy (non-hydrogen) atoms. The van der Waals surface area contributed by atoms with Crippen molar-refractivity contribution in [1.82, 2.24) is 14.9 Å². The van der Waals surface area contributed by atoms with Crippen molar-refractivity contribution in [2.45, 2.75) is 6.54 Å². The Bertz CT molecular complexity index is 1160. The van der Waals surface area contributed by atoms with E-state index in [1.165, 1.54) is 0 Å². The number of aromatic amines is 1. The van der Waals surface area contributed by atoms with Crippen LogP contribution in [0.15, 0.2) is 63.8 Å². The molecule has 0 saturated heterocycles. The van der Waals surface area contributed by atoms with E-state index in [0.717, 1.165) is 5.39 Å². The molecular weight excluding hydrogens is 358 g/mol. The molecule has 4 rings (SSSR count). The molecule has 0 aliphatic rings. The molecule has 0 bridgehead atoms. The number of hydrogen-bond acceptors (Lipinski definition) is 5. The van der Waals surface area contributed by atoms with Gasteiger partial charge in [-0.15, -0.1) is 0 Å². The minimum absolute atomic E-state index is 0.138. The number of methoxy groups -OCH3 is 1. The number of hydrogen-bond donors (Lipinski definition) is 1. The topological polar surface area (TPSA) is 88.4 Å². The Balaban J connectivity index is 1.66. The Labute approximate surface area is 160 Å². The molecule has 0 saturated carbocycles. The second-order valence-corrected chi connectivity index (χ2v) is 6.40. The molecule has 0 spiro atoms. The van der Waals surface area contributed by atoms with Gasteiger partial charge in [-0.2, -0.15) is 0 Å². The Morgan fingerprint density at radius 3 is 2.79 bits per heavy atom. The maximum absolute atomic E-state index is 13.0. The lowest BCUT2D eigenvalue weighted by molar-refractivity contribution is 0.0646. The first-order valence-electron chi connectivity index (χ1n) is 8.90. The Hall–Kier alpha value is -3.45. The molecule has 4 aromatic rings. The van der Waals surface area contributed by atoms with Gasteiger partial charge in [-0.25, -0.2) is 4.98 Å². The molecule has 7 heteroatoms. The summed E-state index contributed by atoms with van der Waals surface area (Å²) in [4.78, 5) is 34.1. The maximum atomic E-state index is 13.0. The molecule has 7 nitrogen and oxygen atoms in total. The van der Waals surface area contributed by atoms with E-state index in [9.17, 15) is 9.59 Å². The number of aromatic nitrogens is 2. The number of nitrogens with one attached hydrogen (secondary N) is 1. The van der Waals surface area contributed by atoms with E-state index in [1.54, 1.807) is 36.3 Å². The van der Waals surface area contributed by atoms with Crippen LogP contribution >= 0.6 is 0 Å². The quantitative estimate of drug-likeness (QED) is 0.558. The molecule has 142 valence electrons. The van der Waals surface area contributed by atoms with Crippen molar-refractivity contribution in [3.63, 3.8) is 0 Å². The van der Waals surface area contributed by atoms with Crippen molar-refractivity contribution in [3.05, 3.63) is 76.5 Å². The van der Waals surface area contributed by atoms with E-state index < -0.39 is 0 Å². The highest BCUT2D eigenvalue weighted by Gasteiger charge is 2.21. The van der Waals surface area contributed by atoms with E-state index >= 15 is 0 Å². The van der Waals surface area contributed by atoms with Gasteiger partial charge in [0.1, 0.15) is 11.4 Å². The predicted molar refractivity (Wildman–Crippen MR) is 105 cm³/mol. The van der Waals surface area contributed by atoms with Gasteiger partial charge in [-0.05, 0) is 24.3 Å². The van der Waals surface area contributed by atoms with Gasteiger partial charge >= 0.3 is 0 Å². The molecule has 2 aromatic carbocycles. The van der Waals surface area contributed by atoms with Gasteiger partial charge in [0.25, 0.3) is 11.5 Å². The number of amides is 1. The number of fused-ring (bicyclic) bond motifs is 2. The van der Waals surface area contributed by atoms with Gasteiger partial charge in [0.2, 0.25) is 0 Å². The fourth-order valence-electron chi connectivity index (χ4n) is 3.09. The Morgan fingerprint density at radius 2 is 1.96 bits per heavy atom. The van der Waals surface area contributed by atoms with Crippen LogP contribution in [0.2, 0.25) is 0 Å². The number of furan rings is 1. The number of para-hydroxylation sites is 2. The number of rotatable bonds is 6. The van der Waals surface area contributed by atoms with Crippen molar-refractivity contribution < 1.29 is 13.9 Å². The molecule has 0 radical (unpaired) electrons. The third-order valence-electron chi connectivity index (χ3n) is 4.49. The molecule has 0 atom stereocenters. The largest absolute Gasteiger partial charge is 0.451 e. The summed E-state index contributed by atoms with van der Waals surface area (Å²) in [6.07, 6.45) is 0. The fourth-order valence-corrected chi connectivity index (χ4v) is 3.09. The monoisotopic (exact) mass is 377 g/mol. The summed E-state index contributed by atoms with van der Waals surface area (Å²) >= 11 is 0. The molecule has 2 heterocycles. The number of H-pyrrole nitrogens is 1. The minimum Gasteiger partial charge on any atom is -0.451 e. The summed E-state index contributed by atoms with van der Waals surface area (Å²) in [5.41, 5.74) is 1.00. The molecule has 0 fully saturated rings. The highest BCUT2D eigenvalue weighted by atomic mass is 16.5. The van der Waals surface area contributed by atoms with Gasteiger partial charge in [-0.3, -0.25) is 9.59 Å². The lowest BCUT2D eigenvalue weighted by atomic mass is 10.2. The predicted octanol–water partition coefficient (Wildman–Crippen LogP) is 2.96. The average molecular weight is 377 g/mol. The number of carbonyl (C=O) groups is 1. The Kier molecular flexibility index (Phi) is 4.90. The van der Waals surface area contributed by atoms with E-state index in [0.29, 0.717) is 35.5 Å². The minimum atomic E-state index is -0.288. The van der Waals surface area contributed by atoms with Gasteiger partial charge in [0.15, 0.2) is 5.76 Å². The van der Waals surface area contributed by atoms with Crippen LogP contribution in [0, 0.1) is 0 Å². The number of carbonyl (C=O) groups excluding carboxylic acids is 1. The normalized spacial score (nSPS) is 11.2. The van der Waals surface area contributed by atoms with Gasteiger partial charge in [-0.1, -0.05) is 30.3 Å². The first-order chi connectivity index (χ1) is 13.7. The molecule has 1 amide bonds. The van der Waals surface area contributed by atoms with Crippen LogP contribution in [-0.4, -0.2) is 41.0 Å². The summed E-state index contributed by atoms with van der Waals surface area (Å²) in [7, 11) is 1.57. The number of benzene rings is 2. The highest BCUT2D eigenvalue weighted by molar-refractivity contribution is 5.96. The summed E-state index contributed by atoms with van der Waals surface area (Å²) < 4.78 is 10.8. The first kappa shape index (κ1) is 17.9. The van der Waals surface area contributed by atoms with Crippen LogP contribution in [0.1, 0.15) is 16.4 Å². The van der Waals surface area contributed by atoms with Crippen molar-refractivity contribution in [2.75, 3.05) is 20.3 Å². The maximum Gasteiger partial charge on any atom is 0.290 e. The third kappa shape index (κ3) is 3.52. The van der Waals surface area contributed by atoms with Crippen LogP contribution < -0.4 is 5.56 Å². The van der Waals surface area contributed by atoms with Crippen LogP contribution in [0.25, 0.3) is 21.9 Å². The van der Waals surface area contributed by atoms with Gasteiger partial charge in [0, 0.05) is 19.0 Å². The SMILES string of the molecule is COCCN(Cc1nc2ccccc2c(=O)[nH]1)C(=O)c1cc2ccccc2o1. The molecule has 0 aliphatic heterocycles. The average Bonchev–Trinajstić information content (AvgIpc) is 3.15. The summed E-state index contributed by atoms with van der Waals surface area (Å²) in [5.74, 6) is 0.355. The lowest BCUT2D eigenvalue weighted by Crippen LogP contribution is -2.34. The zero-order valence-corrected chi connectivity index (χ0v) is 15.3. The van der Waals surface area contributed by atoms with Crippen LogP contribution in [0.5, 0.6) is 0 Å². The third-order valence-corrected chi connectivity index (χ3v) is 4.49. The highest BCUT2D eigenvalue weighted by Crippen LogP contribution is 2.20. The molecule has 2 aromatic heterocycles. The van der Waals surface area contributed by atoms with E-state index in [-0.39, 0.29) is 23.8 Å². The van der Waals surface area contributed by atoms with Gasteiger partial charge in [0.05, 0.1) is 24.1 Å². The van der Waals surface area contributed by atoms with E-state index in [2.05, 4.69) is 9.97 Å². The van der Waals surface area contributed by atoms with Crippen molar-refractivity contribution in [2.24, 2.45) is 0 Å². The fraction of sp³-hybridized carbons (Fsp3) is 0.190. The van der Waals surface area contributed by atoms with E-state index in [1.807, 2.05) is 30.3 Å². The summed E-state index contributed by atoms with van der Waals surface area (Å²) in [6.45, 7) is 0.825. The second kappa shape index (κ2) is 7.66. The number of nitrogens with zero attached hydrogens (tertiary/aromatic N) is 2. The Morgan fingerprint density at radius 1 is 1.18 bits per heavy atom. The summed E-state index contributed by atoms with van der Waals surface area (Å²) in [6, 6.07) is 16.3. The van der Waals surface area contributed by atoms with E-state index in [4.69, 9.17) is 9.15 Å². The summed E-state index contributed by atoms with van der Waals surface area (Å²) in [5, 5.41) is 1.37. The zero-order valence-electron chi connectivity index (χ0n) is 15.3. The molecule has 1 N–H and O–H groups in total. The van der Waals surface area contributed by atoms with Crippen molar-refractivity contribution >= 4 is 27.8 Å². The lowest BCUT2D eigenvalue weighted by Gasteiger charge is -2.20. The standard InChI is InChI=1S/C21H19N3O4/c1-27-11-10-24(21(26)18-12-14-6-2-5-9-17(14)28-18)13-19-22-16-8-4-3-7-15(16)20(25)23-19/h2-9,12H,10-11,13H2,1H3,(H,22,23,25). The number of ether oxygens (including phenoxy) is 1. The van der Waals surface area contributed by atoms with Gasteiger partial charge < -0.3 is 19.0 Å². The van der Waals surface area contributed by atoms with Crippen LogP contribution in [0.3, 0.4) is 0 Å². The molecular formula is C21H19N3O4. The molecule has 0 aliphatic carbocycles. The smallest absolute Gasteiger partial charge is 0.290 e. The molecule has 0 unspecified atom stereocenters.